The minimum absolute atomic E-state index is 0.0280. The molecule has 4 N–H and O–H groups in total. The SMILES string of the molecule is CN1CCC(n2cc(-c3cncc(-c4cc(-c5ccccc5F)nc5nccnc45)c3)cn2)CC1.Fc1ccccc1-c1cc(-n2ccc3cnccc32)c2nccnc2n1.Nc1ncc(-c2cc(-c3ccccc3F)nc3nccnc23)c2ccncc12.Nc1nccc2c(-c3cc(-c4cc(F)ccc4F)nc4nccnc34)nccc12. The van der Waals surface area contributed by atoms with Crippen LogP contribution in [0.5, 0.6) is 0 Å². The first kappa shape index (κ1) is 73.7. The molecule has 0 amide bonds. The summed E-state index contributed by atoms with van der Waals surface area (Å²) in [7, 11) is 2.16. The number of nitrogen functional groups attached to an aromatic ring is 2. The molecule has 0 radical (unpaired) electrons. The molecule has 16 aromatic heterocycles. The molecule has 0 spiro atoms. The minimum atomic E-state index is -0.590. The molecule has 118 heavy (non-hydrogen) atoms. The predicted molar refractivity (Wildman–Crippen MR) is 442 cm³/mol. The smallest absolute Gasteiger partial charge is 0.180 e. The summed E-state index contributed by atoms with van der Waals surface area (Å²) in [6.07, 6.45) is 36.2. The number of piperidine rings is 1. The lowest BCUT2D eigenvalue weighted by Gasteiger charge is -2.28. The summed E-state index contributed by atoms with van der Waals surface area (Å²) in [6.45, 7) is 2.16. The second kappa shape index (κ2) is 32.0. The summed E-state index contributed by atoms with van der Waals surface area (Å²) in [5, 5.41) is 8.75. The van der Waals surface area contributed by atoms with Crippen LogP contribution in [-0.4, -0.2) is 129 Å². The van der Waals surface area contributed by atoms with Gasteiger partial charge in [-0.1, -0.05) is 36.4 Å². The first-order valence-electron chi connectivity index (χ1n) is 37.1. The van der Waals surface area contributed by atoms with Crippen molar-refractivity contribution in [3.63, 3.8) is 0 Å². The van der Waals surface area contributed by atoms with Crippen molar-refractivity contribution in [2.24, 2.45) is 0 Å². The number of pyridine rings is 10. The Labute approximate surface area is 666 Å². The number of halogens is 5. The Morgan fingerprint density at radius 1 is 0.356 bits per heavy atom. The van der Waals surface area contributed by atoms with Crippen molar-refractivity contribution >= 4 is 88.7 Å². The zero-order chi connectivity index (χ0) is 80.3. The summed E-state index contributed by atoms with van der Waals surface area (Å²) in [4.78, 5) is 81.2. The lowest BCUT2D eigenvalue weighted by molar-refractivity contribution is 0.212. The molecular weight excluding hydrogens is 1500 g/mol. The summed E-state index contributed by atoms with van der Waals surface area (Å²) in [6, 6.07) is 41.9. The molecule has 20 aromatic rings. The van der Waals surface area contributed by atoms with Crippen molar-refractivity contribution in [1.29, 1.82) is 0 Å². The van der Waals surface area contributed by atoms with E-state index >= 15 is 0 Å². The number of anilines is 2. The van der Waals surface area contributed by atoms with E-state index in [9.17, 15) is 22.0 Å². The third-order valence-electron chi connectivity index (χ3n) is 20.2. The highest BCUT2D eigenvalue weighted by Gasteiger charge is 2.24. The number of hydrogen-bond donors (Lipinski definition) is 2. The number of aromatic nitrogens is 21. The van der Waals surface area contributed by atoms with Crippen LogP contribution < -0.4 is 11.5 Å². The predicted octanol–water partition coefficient (Wildman–Crippen LogP) is 17.4. The van der Waals surface area contributed by atoms with Gasteiger partial charge in [-0.25, -0.2) is 76.8 Å². The van der Waals surface area contributed by atoms with Crippen LogP contribution in [-0.2, 0) is 0 Å². The molecule has 1 saturated heterocycles. The Kier molecular flexibility index (Phi) is 20.0. The highest BCUT2D eigenvalue weighted by Crippen LogP contribution is 2.40. The van der Waals surface area contributed by atoms with Crippen LogP contribution in [0.2, 0.25) is 0 Å². The van der Waals surface area contributed by atoms with Gasteiger partial charge in [-0.15, -0.1) is 0 Å². The van der Waals surface area contributed by atoms with Crippen LogP contribution in [0.3, 0.4) is 0 Å². The van der Waals surface area contributed by atoms with Gasteiger partial charge in [0.25, 0.3) is 0 Å². The van der Waals surface area contributed by atoms with Crippen molar-refractivity contribution in [3.05, 3.63) is 305 Å². The third kappa shape index (κ3) is 14.7. The van der Waals surface area contributed by atoms with Gasteiger partial charge in [0.15, 0.2) is 22.6 Å². The van der Waals surface area contributed by atoms with Crippen LogP contribution >= 0.6 is 0 Å². The van der Waals surface area contributed by atoms with Crippen molar-refractivity contribution in [2.75, 3.05) is 31.6 Å². The summed E-state index contributed by atoms with van der Waals surface area (Å²) in [5.74, 6) is -1.40. The Balaban J connectivity index is 0.000000109. The Morgan fingerprint density at radius 2 is 0.873 bits per heavy atom. The monoisotopic (exact) mass is 1560 g/mol. The average Bonchev–Trinajstić information content (AvgIpc) is 1.29. The van der Waals surface area contributed by atoms with Crippen LogP contribution in [0.15, 0.2) is 276 Å². The molecule has 17 heterocycles. The first-order chi connectivity index (χ1) is 57.8. The number of likely N-dealkylation sites (tertiary alicyclic amines) is 1. The van der Waals surface area contributed by atoms with E-state index < -0.39 is 11.6 Å². The zero-order valence-electron chi connectivity index (χ0n) is 62.3. The van der Waals surface area contributed by atoms with Gasteiger partial charge in [0.1, 0.15) is 62.8 Å². The zero-order valence-corrected chi connectivity index (χ0v) is 62.3. The van der Waals surface area contributed by atoms with Crippen molar-refractivity contribution in [1.82, 2.24) is 109 Å². The molecule has 4 aromatic carbocycles. The molecule has 21 rings (SSSR count). The van der Waals surface area contributed by atoms with Gasteiger partial charge < -0.3 is 20.9 Å². The van der Waals surface area contributed by atoms with Crippen LogP contribution in [0, 0.1) is 29.1 Å². The molecule has 572 valence electrons. The van der Waals surface area contributed by atoms with Gasteiger partial charge in [-0.2, -0.15) is 5.10 Å². The standard InChI is InChI=1S/C27H24FN7.C21H12F2N6.C21H13FN6.C20H12FN5/c1-34-10-6-21(7-11-34)35-17-20(16-32-35)18-12-19(15-29-14-18)23-13-25(22-4-2-3-5-24(22)28)33-27-26(23)30-8-9-31-27;22-11-1-2-16(23)14(9-11)17-10-15(19-21(29-17)28-8-7-26-19)18-12-3-6-27-20(24)13(12)4-5-25-18;22-17-4-2-1-3-13(17)18-9-14(19-21(28-18)26-8-7-25-19)15-11-27-20(23)16-10-24-6-5-12(15)16;21-15-4-2-1-3-14(15)16-11-18(19-20(25-16)24-9-8-23-19)26-10-6-13-12-22-7-5-17(13)26/h2-5,8-9,12-17,21H,6-7,10-11H2,1H3;1-10H,(H2,24,27);1-11H,(H2,23,27);1-12H. The molecule has 1 aliphatic heterocycles. The molecule has 24 nitrogen and oxygen atoms in total. The molecule has 1 fully saturated rings. The van der Waals surface area contributed by atoms with E-state index in [1.165, 1.54) is 30.6 Å². The van der Waals surface area contributed by atoms with E-state index in [1.807, 2.05) is 59.6 Å². The third-order valence-corrected chi connectivity index (χ3v) is 20.2. The topological polar surface area (TPSA) is 310 Å². The molecule has 0 bridgehead atoms. The Morgan fingerprint density at radius 3 is 1.53 bits per heavy atom. The van der Waals surface area contributed by atoms with E-state index in [1.54, 1.807) is 160 Å². The van der Waals surface area contributed by atoms with Gasteiger partial charge in [0, 0.05) is 200 Å². The molecule has 0 aliphatic carbocycles. The van der Waals surface area contributed by atoms with Gasteiger partial charge in [-0.3, -0.25) is 39.6 Å². The molecular formula is C89H61F5N24. The fraction of sp³-hybridized carbons (Fsp3) is 0.0674. The molecule has 0 saturated carbocycles. The highest BCUT2D eigenvalue weighted by atomic mass is 19.1. The first-order valence-corrected chi connectivity index (χ1v) is 37.1. The number of fused-ring (bicyclic) bond motifs is 7. The lowest BCUT2D eigenvalue weighted by Crippen LogP contribution is -2.31. The normalized spacial score (nSPS) is 12.4. The number of nitrogens with zero attached hydrogens (tertiary/aromatic N) is 22. The summed E-state index contributed by atoms with van der Waals surface area (Å²) >= 11 is 0. The van der Waals surface area contributed by atoms with E-state index in [-0.39, 0.29) is 28.7 Å². The molecule has 0 unspecified atom stereocenters. The lowest BCUT2D eigenvalue weighted by atomic mass is 9.99. The number of rotatable bonds is 10. The van der Waals surface area contributed by atoms with Crippen LogP contribution in [0.25, 0.3) is 172 Å². The molecule has 1 aliphatic rings. The van der Waals surface area contributed by atoms with Gasteiger partial charge in [-0.05, 0) is 154 Å². The van der Waals surface area contributed by atoms with Gasteiger partial charge in [0.2, 0.25) is 0 Å². The maximum atomic E-state index is 14.6. The second-order valence-corrected chi connectivity index (χ2v) is 27.4. The Hall–Kier alpha value is -15.8. The molecule has 0 atom stereocenters. The van der Waals surface area contributed by atoms with Crippen LogP contribution in [0.1, 0.15) is 18.9 Å². The maximum absolute atomic E-state index is 14.6. The summed E-state index contributed by atoms with van der Waals surface area (Å²) < 4.78 is 75.5. The fourth-order valence-electron chi connectivity index (χ4n) is 14.4. The average molecular weight is 1560 g/mol. The quantitative estimate of drug-likeness (QED) is 0.120. The van der Waals surface area contributed by atoms with Crippen molar-refractivity contribution in [2.45, 2.75) is 18.9 Å². The molecule has 29 heteroatoms. The van der Waals surface area contributed by atoms with E-state index in [2.05, 4.69) is 124 Å². The number of hydrogen-bond acceptors (Lipinski definition) is 22. The summed E-state index contributed by atoms with van der Waals surface area (Å²) in [5.41, 5.74) is 27.2. The van der Waals surface area contributed by atoms with Crippen LogP contribution in [0.4, 0.5) is 33.6 Å². The maximum Gasteiger partial charge on any atom is 0.180 e. The largest absolute Gasteiger partial charge is 0.383 e. The Bertz CT molecular complexity index is 7230. The number of benzene rings is 4. The van der Waals surface area contributed by atoms with Gasteiger partial charge in [0.05, 0.1) is 51.9 Å². The van der Waals surface area contributed by atoms with Gasteiger partial charge >= 0.3 is 0 Å². The highest BCUT2D eigenvalue weighted by molar-refractivity contribution is 6.07. The second-order valence-electron chi connectivity index (χ2n) is 27.4. The van der Waals surface area contributed by atoms with Crippen molar-refractivity contribution < 1.29 is 22.0 Å². The van der Waals surface area contributed by atoms with E-state index in [4.69, 9.17) is 11.5 Å². The van der Waals surface area contributed by atoms with E-state index in [0.717, 1.165) is 116 Å². The number of nitrogens with two attached hydrogens (primary N) is 2. The fourth-order valence-corrected chi connectivity index (χ4v) is 14.4. The van der Waals surface area contributed by atoms with Crippen molar-refractivity contribution in [3.8, 4) is 95.4 Å². The van der Waals surface area contributed by atoms with E-state index in [0.29, 0.717) is 107 Å². The minimum Gasteiger partial charge on any atom is -0.383 e.